The number of carbonyl (C=O) groups is 2. The number of benzene rings is 2. The van der Waals surface area contributed by atoms with Crippen LogP contribution >= 0.6 is 0 Å². The molecule has 5 nitrogen and oxygen atoms in total. The van der Waals surface area contributed by atoms with Crippen molar-refractivity contribution in [3.63, 3.8) is 0 Å². The number of hydrogen-bond donors (Lipinski definition) is 2. The van der Waals surface area contributed by atoms with Gasteiger partial charge in [-0.15, -0.1) is 0 Å². The topological polar surface area (TPSA) is 61.4 Å². The van der Waals surface area contributed by atoms with Gasteiger partial charge >= 0.3 is 6.03 Å². The van der Waals surface area contributed by atoms with E-state index in [-0.39, 0.29) is 24.4 Å². The van der Waals surface area contributed by atoms with Crippen molar-refractivity contribution in [1.29, 1.82) is 0 Å². The molecule has 2 rings (SSSR count). The van der Waals surface area contributed by atoms with Gasteiger partial charge < -0.3 is 15.5 Å². The molecule has 1 unspecified atom stereocenters. The molecule has 0 bridgehead atoms. The molecule has 0 spiro atoms. The van der Waals surface area contributed by atoms with Crippen LogP contribution in [0.15, 0.2) is 60.7 Å². The first-order valence-corrected chi connectivity index (χ1v) is 10.0. The number of nitrogens with one attached hydrogen (secondary N) is 2. The Hall–Kier alpha value is -2.82. The highest BCUT2D eigenvalue weighted by molar-refractivity contribution is 5.78. The Balaban J connectivity index is 1.94. The van der Waals surface area contributed by atoms with Crippen LogP contribution < -0.4 is 10.6 Å². The van der Waals surface area contributed by atoms with Crippen LogP contribution in [0, 0.1) is 0 Å². The minimum atomic E-state index is -0.124. The van der Waals surface area contributed by atoms with Gasteiger partial charge in [-0.25, -0.2) is 4.79 Å². The zero-order valence-corrected chi connectivity index (χ0v) is 16.9. The summed E-state index contributed by atoms with van der Waals surface area (Å²) in [7, 11) is 0. The smallest absolute Gasteiger partial charge is 0.317 e. The predicted octanol–water partition coefficient (Wildman–Crippen LogP) is 4.27. The Morgan fingerprint density at radius 2 is 1.61 bits per heavy atom. The number of urea groups is 1. The standard InChI is InChI=1S/C23H31N3O2/c1-3-4-16-24-23(28)26(19(2)21-13-9-6-10-14-21)17-15-22(27)25-18-20-11-7-5-8-12-20/h5-14,19H,3-4,15-18H2,1-2H3,(H,24,28)(H,25,27). The van der Waals surface area contributed by atoms with E-state index in [1.54, 1.807) is 4.90 Å². The molecule has 0 heterocycles. The van der Waals surface area contributed by atoms with Gasteiger partial charge in [0.2, 0.25) is 5.91 Å². The summed E-state index contributed by atoms with van der Waals surface area (Å²) in [6.45, 7) is 5.60. The second-order valence-corrected chi connectivity index (χ2v) is 6.88. The molecule has 0 saturated carbocycles. The minimum Gasteiger partial charge on any atom is -0.352 e. The molecule has 2 N–H and O–H groups in total. The summed E-state index contributed by atoms with van der Waals surface area (Å²) in [6.07, 6.45) is 2.23. The molecule has 0 aliphatic carbocycles. The van der Waals surface area contributed by atoms with Gasteiger partial charge in [0.25, 0.3) is 0 Å². The van der Waals surface area contributed by atoms with Gasteiger partial charge in [-0.3, -0.25) is 4.79 Å². The van der Waals surface area contributed by atoms with Gasteiger partial charge in [0, 0.05) is 26.1 Å². The van der Waals surface area contributed by atoms with Crippen molar-refractivity contribution in [1.82, 2.24) is 15.5 Å². The van der Waals surface area contributed by atoms with E-state index in [0.29, 0.717) is 19.6 Å². The lowest BCUT2D eigenvalue weighted by molar-refractivity contribution is -0.121. The summed E-state index contributed by atoms with van der Waals surface area (Å²) in [5, 5.41) is 5.90. The van der Waals surface area contributed by atoms with Crippen molar-refractivity contribution in [3.8, 4) is 0 Å². The fourth-order valence-electron chi connectivity index (χ4n) is 2.96. The lowest BCUT2D eigenvalue weighted by Gasteiger charge is -2.29. The molecular formula is C23H31N3O2. The first-order valence-electron chi connectivity index (χ1n) is 10.0. The van der Waals surface area contributed by atoms with Crippen LogP contribution in [0.5, 0.6) is 0 Å². The highest BCUT2D eigenvalue weighted by Gasteiger charge is 2.21. The molecule has 5 heteroatoms. The van der Waals surface area contributed by atoms with E-state index in [1.165, 1.54) is 0 Å². The third kappa shape index (κ3) is 7.06. The molecular weight excluding hydrogens is 350 g/mol. The number of carbonyl (C=O) groups excluding carboxylic acids is 2. The molecule has 0 aliphatic heterocycles. The fraction of sp³-hybridized carbons (Fsp3) is 0.391. The van der Waals surface area contributed by atoms with E-state index < -0.39 is 0 Å². The molecule has 0 radical (unpaired) electrons. The van der Waals surface area contributed by atoms with Gasteiger partial charge in [0.15, 0.2) is 0 Å². The summed E-state index contributed by atoms with van der Waals surface area (Å²) < 4.78 is 0. The summed E-state index contributed by atoms with van der Waals surface area (Å²) in [4.78, 5) is 26.7. The zero-order chi connectivity index (χ0) is 20.2. The van der Waals surface area contributed by atoms with Crippen molar-refractivity contribution in [2.75, 3.05) is 13.1 Å². The minimum absolute atomic E-state index is 0.0597. The van der Waals surface area contributed by atoms with E-state index in [4.69, 9.17) is 0 Å². The number of rotatable bonds is 10. The lowest BCUT2D eigenvalue weighted by Crippen LogP contribution is -2.43. The van der Waals surface area contributed by atoms with Crippen LogP contribution in [-0.4, -0.2) is 29.9 Å². The molecule has 2 aromatic carbocycles. The molecule has 28 heavy (non-hydrogen) atoms. The molecule has 150 valence electrons. The van der Waals surface area contributed by atoms with E-state index in [9.17, 15) is 9.59 Å². The van der Waals surface area contributed by atoms with Crippen LogP contribution in [0.3, 0.4) is 0 Å². The SMILES string of the molecule is CCCCNC(=O)N(CCC(=O)NCc1ccccc1)C(C)c1ccccc1. The van der Waals surface area contributed by atoms with E-state index >= 15 is 0 Å². The predicted molar refractivity (Wildman–Crippen MR) is 113 cm³/mol. The average Bonchev–Trinajstić information content (AvgIpc) is 2.74. The Morgan fingerprint density at radius 1 is 0.964 bits per heavy atom. The maximum absolute atomic E-state index is 12.7. The van der Waals surface area contributed by atoms with Crippen LogP contribution in [0.25, 0.3) is 0 Å². The average molecular weight is 382 g/mol. The Morgan fingerprint density at radius 3 is 2.25 bits per heavy atom. The van der Waals surface area contributed by atoms with Crippen LogP contribution in [0.4, 0.5) is 4.79 Å². The summed E-state index contributed by atoms with van der Waals surface area (Å²) >= 11 is 0. The second-order valence-electron chi connectivity index (χ2n) is 6.88. The molecule has 0 aromatic heterocycles. The molecule has 3 amide bonds. The fourth-order valence-corrected chi connectivity index (χ4v) is 2.96. The van der Waals surface area contributed by atoms with Gasteiger partial charge in [0.05, 0.1) is 6.04 Å². The van der Waals surface area contributed by atoms with Crippen LogP contribution in [0.2, 0.25) is 0 Å². The maximum Gasteiger partial charge on any atom is 0.317 e. The summed E-state index contributed by atoms with van der Waals surface area (Å²) in [5.41, 5.74) is 2.11. The molecule has 0 fully saturated rings. The third-order valence-corrected chi connectivity index (χ3v) is 4.73. The first kappa shape index (κ1) is 21.5. The Bertz CT molecular complexity index is 719. The normalized spacial score (nSPS) is 11.5. The van der Waals surface area contributed by atoms with Crippen molar-refractivity contribution in [2.45, 2.75) is 45.7 Å². The van der Waals surface area contributed by atoms with E-state index in [1.807, 2.05) is 67.6 Å². The lowest BCUT2D eigenvalue weighted by atomic mass is 10.1. The zero-order valence-electron chi connectivity index (χ0n) is 16.9. The van der Waals surface area contributed by atoms with Gasteiger partial charge in [-0.2, -0.15) is 0 Å². The quantitative estimate of drug-likeness (QED) is 0.604. The molecule has 2 aromatic rings. The maximum atomic E-state index is 12.7. The number of hydrogen-bond acceptors (Lipinski definition) is 2. The van der Waals surface area contributed by atoms with Crippen LogP contribution in [0.1, 0.15) is 50.3 Å². The van der Waals surface area contributed by atoms with Gasteiger partial charge in [0.1, 0.15) is 0 Å². The van der Waals surface area contributed by atoms with Crippen molar-refractivity contribution >= 4 is 11.9 Å². The van der Waals surface area contributed by atoms with Crippen molar-refractivity contribution in [3.05, 3.63) is 71.8 Å². The molecule has 0 aliphatic rings. The Kier molecular flexibility index (Phi) is 9.05. The number of amides is 3. The van der Waals surface area contributed by atoms with Crippen molar-refractivity contribution < 1.29 is 9.59 Å². The third-order valence-electron chi connectivity index (χ3n) is 4.73. The summed E-state index contributed by atoms with van der Waals surface area (Å²) in [6, 6.07) is 19.5. The van der Waals surface area contributed by atoms with Crippen molar-refractivity contribution in [2.24, 2.45) is 0 Å². The summed E-state index contributed by atoms with van der Waals surface area (Å²) in [5.74, 6) is -0.0597. The van der Waals surface area contributed by atoms with E-state index in [0.717, 1.165) is 24.0 Å². The number of unbranched alkanes of at least 4 members (excludes halogenated alkanes) is 1. The van der Waals surface area contributed by atoms with Crippen LogP contribution in [-0.2, 0) is 11.3 Å². The van der Waals surface area contributed by atoms with E-state index in [2.05, 4.69) is 17.6 Å². The highest BCUT2D eigenvalue weighted by Crippen LogP contribution is 2.20. The van der Waals surface area contributed by atoms with Gasteiger partial charge in [-0.1, -0.05) is 74.0 Å². The highest BCUT2D eigenvalue weighted by atomic mass is 16.2. The van der Waals surface area contributed by atoms with Gasteiger partial charge in [-0.05, 0) is 24.5 Å². The Labute approximate surface area is 168 Å². The molecule has 0 saturated heterocycles. The number of nitrogens with zero attached hydrogens (tertiary/aromatic N) is 1. The largest absolute Gasteiger partial charge is 0.352 e. The first-order chi connectivity index (χ1) is 13.6. The second kappa shape index (κ2) is 11.8. The molecule has 1 atom stereocenters. The monoisotopic (exact) mass is 381 g/mol.